The molecule has 176 valence electrons. The second-order valence-electron chi connectivity index (χ2n) is 9.87. The molecular weight excluding hydrogens is 400 g/mol. The average Bonchev–Trinajstić information content (AvgIpc) is 2.83. The summed E-state index contributed by atoms with van der Waals surface area (Å²) in [6, 6.07) is 10.5. The first kappa shape index (κ1) is 23.5. The zero-order chi connectivity index (χ0) is 22.4. The second kappa shape index (κ2) is 11.0. The minimum Gasteiger partial charge on any atom is -0.490 e. The van der Waals surface area contributed by atoms with Gasteiger partial charge in [0.1, 0.15) is 18.5 Å². The number of hydrogen-bond donors (Lipinski definition) is 2. The minimum absolute atomic E-state index is 0.108. The summed E-state index contributed by atoms with van der Waals surface area (Å²) in [4.78, 5) is 2.51. The maximum Gasteiger partial charge on any atom is 0.126 e. The Balaban J connectivity index is 1.51. The zero-order valence-electron chi connectivity index (χ0n) is 19.5. The van der Waals surface area contributed by atoms with E-state index in [4.69, 9.17) is 15.2 Å². The van der Waals surface area contributed by atoms with Gasteiger partial charge in [0.05, 0.1) is 5.60 Å². The SMILES string of the molecule is COC1CC(C(CN2CCC(N)CC2)C2(O)CCCCC2)=CC=C1OCc1ccccc1. The Hall–Kier alpha value is -1.66. The standard InChI is InChI=1S/C27H40N2O3/c1-31-26-18-22(10-11-25(26)32-20-21-8-4-2-5-9-21)24(27(30)14-6-3-7-15-27)19-29-16-12-23(28)13-17-29/h2,4-5,8-11,23-24,26,30H,3,6-7,12-20,28H2,1H3. The van der Waals surface area contributed by atoms with Gasteiger partial charge in [-0.15, -0.1) is 0 Å². The number of ether oxygens (including phenoxy) is 2. The molecule has 0 spiro atoms. The van der Waals surface area contributed by atoms with E-state index in [9.17, 15) is 5.11 Å². The first-order valence-electron chi connectivity index (χ1n) is 12.4. The molecule has 0 amide bonds. The van der Waals surface area contributed by atoms with Crippen LogP contribution in [0.2, 0.25) is 0 Å². The van der Waals surface area contributed by atoms with Crippen molar-refractivity contribution in [3.63, 3.8) is 0 Å². The van der Waals surface area contributed by atoms with Crippen LogP contribution in [0, 0.1) is 5.92 Å². The van der Waals surface area contributed by atoms with Crippen LogP contribution in [0.3, 0.4) is 0 Å². The van der Waals surface area contributed by atoms with Crippen LogP contribution in [-0.4, -0.2) is 54.5 Å². The van der Waals surface area contributed by atoms with Crippen LogP contribution in [0.5, 0.6) is 0 Å². The van der Waals surface area contributed by atoms with Crippen LogP contribution in [-0.2, 0) is 16.1 Å². The summed E-state index contributed by atoms with van der Waals surface area (Å²) < 4.78 is 12.0. The monoisotopic (exact) mass is 440 g/mol. The summed E-state index contributed by atoms with van der Waals surface area (Å²) in [5.41, 5.74) is 7.95. The van der Waals surface area contributed by atoms with Crippen molar-refractivity contribution in [1.82, 2.24) is 4.90 Å². The lowest BCUT2D eigenvalue weighted by atomic mass is 9.70. The molecule has 2 fully saturated rings. The smallest absolute Gasteiger partial charge is 0.126 e. The van der Waals surface area contributed by atoms with E-state index in [1.165, 1.54) is 12.0 Å². The van der Waals surface area contributed by atoms with E-state index < -0.39 is 5.60 Å². The Labute approximate surface area is 193 Å². The Morgan fingerprint density at radius 1 is 1.09 bits per heavy atom. The Morgan fingerprint density at radius 2 is 1.81 bits per heavy atom. The van der Waals surface area contributed by atoms with Crippen molar-refractivity contribution in [2.45, 2.75) is 75.7 Å². The van der Waals surface area contributed by atoms with Crippen LogP contribution < -0.4 is 5.73 Å². The highest BCUT2D eigenvalue weighted by Gasteiger charge is 2.42. The van der Waals surface area contributed by atoms with Gasteiger partial charge >= 0.3 is 0 Å². The molecule has 5 nitrogen and oxygen atoms in total. The summed E-state index contributed by atoms with van der Waals surface area (Å²) in [6.45, 7) is 3.49. The van der Waals surface area contributed by atoms with Crippen LogP contribution in [0.15, 0.2) is 53.8 Å². The number of likely N-dealkylation sites (tertiary alicyclic amines) is 1. The third-order valence-corrected chi connectivity index (χ3v) is 7.62. The maximum atomic E-state index is 11.8. The van der Waals surface area contributed by atoms with Gasteiger partial charge in [0.25, 0.3) is 0 Å². The molecule has 3 N–H and O–H groups in total. The van der Waals surface area contributed by atoms with Crippen molar-refractivity contribution in [3.05, 3.63) is 59.4 Å². The lowest BCUT2D eigenvalue weighted by Crippen LogP contribution is -2.50. The van der Waals surface area contributed by atoms with Crippen LogP contribution in [0.25, 0.3) is 0 Å². The van der Waals surface area contributed by atoms with Crippen molar-refractivity contribution < 1.29 is 14.6 Å². The van der Waals surface area contributed by atoms with E-state index in [1.54, 1.807) is 7.11 Å². The highest BCUT2D eigenvalue weighted by molar-refractivity contribution is 5.29. The number of nitrogens with zero attached hydrogens (tertiary/aromatic N) is 1. The molecule has 1 aromatic rings. The first-order chi connectivity index (χ1) is 15.6. The van der Waals surface area contributed by atoms with E-state index in [2.05, 4.69) is 29.2 Å². The quantitative estimate of drug-likeness (QED) is 0.635. The number of nitrogens with two attached hydrogens (primary N) is 1. The van der Waals surface area contributed by atoms with Gasteiger partial charge in [-0.3, -0.25) is 0 Å². The molecule has 0 radical (unpaired) electrons. The third kappa shape index (κ3) is 5.82. The first-order valence-corrected chi connectivity index (χ1v) is 12.4. The van der Waals surface area contributed by atoms with Crippen LogP contribution >= 0.6 is 0 Å². The molecule has 1 aromatic carbocycles. The molecule has 1 saturated carbocycles. The number of rotatable bonds is 8. The molecule has 1 heterocycles. The molecule has 2 unspecified atom stereocenters. The van der Waals surface area contributed by atoms with Gasteiger partial charge in [-0.05, 0) is 50.4 Å². The molecule has 2 atom stereocenters. The second-order valence-corrected chi connectivity index (χ2v) is 9.87. The lowest BCUT2D eigenvalue weighted by Gasteiger charge is -2.44. The highest BCUT2D eigenvalue weighted by Crippen LogP contribution is 2.41. The fourth-order valence-electron chi connectivity index (χ4n) is 5.56. The van der Waals surface area contributed by atoms with Gasteiger partial charge in [0, 0.05) is 32.0 Å². The average molecular weight is 441 g/mol. The summed E-state index contributed by atoms with van der Waals surface area (Å²) in [5.74, 6) is 1.00. The fraction of sp³-hybridized carbons (Fsp3) is 0.630. The molecule has 2 aliphatic carbocycles. The molecule has 4 rings (SSSR count). The van der Waals surface area contributed by atoms with E-state index >= 15 is 0 Å². The van der Waals surface area contributed by atoms with Gasteiger partial charge in [0.2, 0.25) is 0 Å². The number of piperidine rings is 1. The van der Waals surface area contributed by atoms with Crippen molar-refractivity contribution in [1.29, 1.82) is 0 Å². The predicted molar refractivity (Wildman–Crippen MR) is 128 cm³/mol. The zero-order valence-corrected chi connectivity index (χ0v) is 19.5. The molecule has 3 aliphatic rings. The van der Waals surface area contributed by atoms with Crippen LogP contribution in [0.4, 0.5) is 0 Å². The van der Waals surface area contributed by atoms with Gasteiger partial charge in [-0.25, -0.2) is 0 Å². The van der Waals surface area contributed by atoms with E-state index in [-0.39, 0.29) is 12.0 Å². The van der Waals surface area contributed by atoms with Gasteiger partial charge in [-0.1, -0.05) is 61.2 Å². The summed E-state index contributed by atoms with van der Waals surface area (Å²) in [6.07, 6.45) is 12.3. The number of aliphatic hydroxyl groups is 1. The molecule has 1 aliphatic heterocycles. The third-order valence-electron chi connectivity index (χ3n) is 7.62. The fourth-order valence-corrected chi connectivity index (χ4v) is 5.56. The Morgan fingerprint density at radius 3 is 2.50 bits per heavy atom. The van der Waals surface area contributed by atoms with Gasteiger partial charge in [-0.2, -0.15) is 0 Å². The maximum absolute atomic E-state index is 11.8. The van der Waals surface area contributed by atoms with E-state index in [0.717, 1.165) is 75.9 Å². The minimum atomic E-state index is -0.627. The Bertz CT molecular complexity index is 777. The predicted octanol–water partition coefficient (Wildman–Crippen LogP) is 4.17. The number of methoxy groups -OCH3 is 1. The molecule has 0 bridgehead atoms. The highest BCUT2D eigenvalue weighted by atomic mass is 16.5. The summed E-state index contributed by atoms with van der Waals surface area (Å²) >= 11 is 0. The van der Waals surface area contributed by atoms with Crippen LogP contribution in [0.1, 0.15) is 56.9 Å². The van der Waals surface area contributed by atoms with Gasteiger partial charge in [0.15, 0.2) is 0 Å². The normalized spacial score (nSPS) is 25.7. The number of benzene rings is 1. The summed E-state index contributed by atoms with van der Waals surface area (Å²) in [7, 11) is 1.75. The number of hydrogen-bond acceptors (Lipinski definition) is 5. The van der Waals surface area contributed by atoms with Crippen molar-refractivity contribution in [3.8, 4) is 0 Å². The number of allylic oxidation sites excluding steroid dienone is 2. The molecular formula is C27H40N2O3. The van der Waals surface area contributed by atoms with Gasteiger partial charge < -0.3 is 25.2 Å². The molecule has 1 saturated heterocycles. The summed E-state index contributed by atoms with van der Waals surface area (Å²) in [5, 5.41) is 11.8. The molecule has 5 heteroatoms. The van der Waals surface area contributed by atoms with Crippen molar-refractivity contribution >= 4 is 0 Å². The largest absolute Gasteiger partial charge is 0.490 e. The molecule has 32 heavy (non-hydrogen) atoms. The van der Waals surface area contributed by atoms with Crippen molar-refractivity contribution in [2.75, 3.05) is 26.7 Å². The Kier molecular flexibility index (Phi) is 8.06. The molecule has 0 aromatic heterocycles. The van der Waals surface area contributed by atoms with E-state index in [1.807, 2.05) is 18.2 Å². The van der Waals surface area contributed by atoms with E-state index in [0.29, 0.717) is 12.6 Å². The topological polar surface area (TPSA) is 68.0 Å². The van der Waals surface area contributed by atoms with Crippen molar-refractivity contribution in [2.24, 2.45) is 11.7 Å². The lowest BCUT2D eigenvalue weighted by molar-refractivity contribution is -0.0515.